The Morgan fingerprint density at radius 1 is 1.04 bits per heavy atom. The number of aryl methyl sites for hydroxylation is 1. The Labute approximate surface area is 154 Å². The third-order valence-electron chi connectivity index (χ3n) is 4.36. The van der Waals surface area contributed by atoms with Gasteiger partial charge in [0, 0.05) is 23.7 Å². The van der Waals surface area contributed by atoms with Crippen LogP contribution in [0.4, 0.5) is 14.6 Å². The normalized spacial score (nSPS) is 11.0. The van der Waals surface area contributed by atoms with E-state index in [0.717, 1.165) is 16.8 Å². The number of aromatic nitrogens is 4. The molecule has 0 aliphatic heterocycles. The second kappa shape index (κ2) is 7.00. The van der Waals surface area contributed by atoms with Crippen molar-refractivity contribution in [1.82, 2.24) is 18.9 Å². The SMILES string of the molecule is [C-]#[N+]c1cnc2ccc(-c3c(-c4ccc(F)cc4)ncn3CCCF)cn12. The Balaban J connectivity index is 1.90. The van der Waals surface area contributed by atoms with Gasteiger partial charge >= 0.3 is 0 Å². The molecule has 3 aromatic heterocycles. The molecule has 0 unspecified atom stereocenters. The van der Waals surface area contributed by atoms with Crippen molar-refractivity contribution in [3.8, 4) is 22.5 Å². The zero-order valence-electron chi connectivity index (χ0n) is 14.3. The summed E-state index contributed by atoms with van der Waals surface area (Å²) in [5, 5.41) is 0. The van der Waals surface area contributed by atoms with Gasteiger partial charge < -0.3 is 9.41 Å². The Morgan fingerprint density at radius 3 is 2.56 bits per heavy atom. The second-order valence-corrected chi connectivity index (χ2v) is 6.06. The Hall–Kier alpha value is -3.53. The van der Waals surface area contributed by atoms with Gasteiger partial charge in [-0.1, -0.05) is 6.57 Å². The minimum absolute atomic E-state index is 0.321. The number of fused-ring (bicyclic) bond motifs is 1. The molecule has 134 valence electrons. The van der Waals surface area contributed by atoms with Crippen molar-refractivity contribution in [3.05, 3.63) is 72.4 Å². The van der Waals surface area contributed by atoms with E-state index in [4.69, 9.17) is 6.57 Å². The van der Waals surface area contributed by atoms with Crippen LogP contribution in [-0.2, 0) is 6.54 Å². The Bertz CT molecular complexity index is 1140. The fraction of sp³-hybridized carbons (Fsp3) is 0.150. The first kappa shape index (κ1) is 16.9. The fourth-order valence-corrected chi connectivity index (χ4v) is 3.09. The van der Waals surface area contributed by atoms with Gasteiger partial charge in [-0.3, -0.25) is 4.39 Å². The van der Waals surface area contributed by atoms with Crippen LogP contribution in [0.2, 0.25) is 0 Å². The van der Waals surface area contributed by atoms with E-state index in [-0.39, 0.29) is 5.82 Å². The Kier molecular flexibility index (Phi) is 4.38. The number of benzene rings is 1. The minimum Gasteiger partial charge on any atom is -0.362 e. The summed E-state index contributed by atoms with van der Waals surface area (Å²) in [6.07, 6.45) is 5.38. The lowest BCUT2D eigenvalue weighted by atomic mass is 10.1. The smallest absolute Gasteiger partial charge is 0.254 e. The van der Waals surface area contributed by atoms with E-state index < -0.39 is 6.67 Å². The molecule has 0 fully saturated rings. The third kappa shape index (κ3) is 3.06. The monoisotopic (exact) mass is 363 g/mol. The molecule has 0 saturated carbocycles. The molecule has 3 heterocycles. The van der Waals surface area contributed by atoms with Crippen LogP contribution in [0.1, 0.15) is 6.42 Å². The molecule has 0 spiro atoms. The van der Waals surface area contributed by atoms with Crippen molar-refractivity contribution < 1.29 is 8.78 Å². The van der Waals surface area contributed by atoms with E-state index in [1.165, 1.54) is 18.3 Å². The highest BCUT2D eigenvalue weighted by Crippen LogP contribution is 2.32. The zero-order chi connectivity index (χ0) is 18.8. The van der Waals surface area contributed by atoms with Crippen molar-refractivity contribution in [2.24, 2.45) is 0 Å². The molecule has 0 N–H and O–H groups in total. The molecule has 4 rings (SSSR count). The minimum atomic E-state index is -0.425. The molecule has 7 heteroatoms. The molecule has 0 atom stereocenters. The standard InChI is InChI=1S/C20H15F2N5/c1-23-18-11-24-17-8-5-15(12-27(17)18)20-19(14-3-6-16(22)7-4-14)25-13-26(20)10-2-9-21/h3-8,11-13H,2,9-10H2. The number of imidazole rings is 2. The van der Waals surface area contributed by atoms with Gasteiger partial charge in [0.1, 0.15) is 5.82 Å². The van der Waals surface area contributed by atoms with Crippen molar-refractivity contribution in [2.75, 3.05) is 6.67 Å². The lowest BCUT2D eigenvalue weighted by molar-refractivity contribution is 0.447. The highest BCUT2D eigenvalue weighted by atomic mass is 19.1. The Morgan fingerprint density at radius 2 is 1.81 bits per heavy atom. The van der Waals surface area contributed by atoms with Crippen LogP contribution in [0.3, 0.4) is 0 Å². The van der Waals surface area contributed by atoms with Crippen LogP contribution < -0.4 is 0 Å². The maximum Gasteiger partial charge on any atom is 0.254 e. The largest absolute Gasteiger partial charge is 0.362 e. The van der Waals surface area contributed by atoms with Crippen molar-refractivity contribution >= 4 is 11.5 Å². The van der Waals surface area contributed by atoms with E-state index in [2.05, 4.69) is 14.8 Å². The van der Waals surface area contributed by atoms with Crippen LogP contribution in [0.5, 0.6) is 0 Å². The van der Waals surface area contributed by atoms with Crippen molar-refractivity contribution in [2.45, 2.75) is 13.0 Å². The number of hydrogen-bond acceptors (Lipinski definition) is 2. The molecular weight excluding hydrogens is 348 g/mol. The molecule has 0 bridgehead atoms. The van der Waals surface area contributed by atoms with Gasteiger partial charge in [-0.25, -0.2) is 18.8 Å². The number of pyridine rings is 1. The molecule has 0 saturated heterocycles. The predicted octanol–water partition coefficient (Wildman–Crippen LogP) is 4.91. The third-order valence-corrected chi connectivity index (χ3v) is 4.36. The van der Waals surface area contributed by atoms with Crippen LogP contribution in [0.15, 0.2) is 55.1 Å². The average Bonchev–Trinajstić information content (AvgIpc) is 3.30. The van der Waals surface area contributed by atoms with Gasteiger partial charge in [-0.2, -0.15) is 0 Å². The maximum absolute atomic E-state index is 13.3. The van der Waals surface area contributed by atoms with Gasteiger partial charge in [0.25, 0.3) is 5.82 Å². The summed E-state index contributed by atoms with van der Waals surface area (Å²) in [4.78, 5) is 12.2. The predicted molar refractivity (Wildman–Crippen MR) is 98.7 cm³/mol. The van der Waals surface area contributed by atoms with Gasteiger partial charge in [0.15, 0.2) is 0 Å². The number of nitrogens with zero attached hydrogens (tertiary/aromatic N) is 5. The van der Waals surface area contributed by atoms with Gasteiger partial charge in [-0.05, 0) is 36.8 Å². The zero-order valence-corrected chi connectivity index (χ0v) is 14.3. The average molecular weight is 363 g/mol. The summed E-state index contributed by atoms with van der Waals surface area (Å²) in [6, 6.07) is 9.82. The van der Waals surface area contributed by atoms with E-state index in [1.807, 2.05) is 22.9 Å². The summed E-state index contributed by atoms with van der Waals surface area (Å²) in [5.41, 5.74) is 3.73. The quantitative estimate of drug-likeness (QED) is 0.473. The lowest BCUT2D eigenvalue weighted by Gasteiger charge is -2.10. The van der Waals surface area contributed by atoms with E-state index in [1.54, 1.807) is 22.9 Å². The van der Waals surface area contributed by atoms with Crippen LogP contribution in [0, 0.1) is 12.4 Å². The first-order valence-corrected chi connectivity index (χ1v) is 8.43. The van der Waals surface area contributed by atoms with E-state index in [9.17, 15) is 8.78 Å². The number of rotatable bonds is 5. The number of alkyl halides is 1. The molecule has 0 aliphatic rings. The molecule has 5 nitrogen and oxygen atoms in total. The summed E-state index contributed by atoms with van der Waals surface area (Å²) in [7, 11) is 0. The first-order chi connectivity index (χ1) is 13.2. The van der Waals surface area contributed by atoms with Crippen LogP contribution in [-0.4, -0.2) is 25.6 Å². The lowest BCUT2D eigenvalue weighted by Crippen LogP contribution is -2.01. The van der Waals surface area contributed by atoms with Crippen molar-refractivity contribution in [3.63, 3.8) is 0 Å². The summed E-state index contributed by atoms with van der Waals surface area (Å²) < 4.78 is 29.6. The molecular formula is C20H15F2N5. The van der Waals surface area contributed by atoms with Gasteiger partial charge in [0.2, 0.25) is 5.65 Å². The highest BCUT2D eigenvalue weighted by molar-refractivity contribution is 5.79. The topological polar surface area (TPSA) is 39.5 Å². The summed E-state index contributed by atoms with van der Waals surface area (Å²) in [5.74, 6) is 0.0868. The van der Waals surface area contributed by atoms with Crippen LogP contribution >= 0.6 is 0 Å². The molecule has 1 aromatic carbocycles. The highest BCUT2D eigenvalue weighted by Gasteiger charge is 2.17. The second-order valence-electron chi connectivity index (χ2n) is 6.06. The summed E-state index contributed by atoms with van der Waals surface area (Å²) >= 11 is 0. The number of hydrogen-bond donors (Lipinski definition) is 0. The molecule has 4 aromatic rings. The first-order valence-electron chi connectivity index (χ1n) is 8.43. The fourth-order valence-electron chi connectivity index (χ4n) is 3.09. The molecule has 27 heavy (non-hydrogen) atoms. The van der Waals surface area contributed by atoms with Gasteiger partial charge in [0.05, 0.1) is 36.8 Å². The van der Waals surface area contributed by atoms with E-state index >= 15 is 0 Å². The molecule has 0 aliphatic carbocycles. The molecule has 0 amide bonds. The van der Waals surface area contributed by atoms with Crippen molar-refractivity contribution in [1.29, 1.82) is 0 Å². The number of halogens is 2. The van der Waals surface area contributed by atoms with E-state index in [0.29, 0.717) is 30.1 Å². The molecule has 0 radical (unpaired) electrons. The van der Waals surface area contributed by atoms with Gasteiger partial charge in [-0.15, -0.1) is 0 Å². The maximum atomic E-state index is 13.3. The summed E-state index contributed by atoms with van der Waals surface area (Å²) in [6.45, 7) is 7.33. The van der Waals surface area contributed by atoms with Crippen LogP contribution in [0.25, 0.3) is 33.0 Å².